The lowest BCUT2D eigenvalue weighted by atomic mass is 10.3. The fraction of sp³-hybridized carbons (Fsp3) is 0.455. The van der Waals surface area contributed by atoms with Crippen LogP contribution < -0.4 is 4.90 Å². The Morgan fingerprint density at radius 1 is 1.33 bits per heavy atom. The maximum Gasteiger partial charge on any atom is 0.356 e. The summed E-state index contributed by atoms with van der Waals surface area (Å²) in [7, 11) is -3.20. The molecule has 0 radical (unpaired) electrons. The molecule has 1 N–H and O–H groups in total. The van der Waals surface area contributed by atoms with Crippen LogP contribution in [0.2, 0.25) is 0 Å². The molecule has 1 saturated heterocycles. The highest BCUT2D eigenvalue weighted by molar-refractivity contribution is 7.88. The first-order chi connectivity index (χ1) is 9.88. The van der Waals surface area contributed by atoms with Crippen LogP contribution in [0.3, 0.4) is 0 Å². The lowest BCUT2D eigenvalue weighted by Gasteiger charge is -2.33. The molecule has 1 aliphatic heterocycles. The number of nitrogens with zero attached hydrogens (tertiary/aromatic N) is 4. The lowest BCUT2D eigenvalue weighted by molar-refractivity contribution is 0.0690. The summed E-state index contributed by atoms with van der Waals surface area (Å²) in [6, 6.07) is 0. The third-order valence-electron chi connectivity index (χ3n) is 3.45. The zero-order valence-electron chi connectivity index (χ0n) is 11.3. The number of hydrogen-bond donors (Lipinski definition) is 1. The van der Waals surface area contributed by atoms with Crippen LogP contribution in [0.5, 0.6) is 0 Å². The van der Waals surface area contributed by atoms with E-state index < -0.39 is 16.0 Å². The Hall–Kier alpha value is -1.65. The minimum Gasteiger partial charge on any atom is -0.476 e. The Kier molecular flexibility index (Phi) is 3.38. The molecule has 0 unspecified atom stereocenters. The number of hydrogen-bond acceptors (Lipinski definition) is 6. The molecular formula is C11H14N4O4S2. The molecule has 0 aromatic carbocycles. The molecule has 0 aliphatic carbocycles. The number of carbonyl (C=O) groups is 1. The average Bonchev–Trinajstić information content (AvgIpc) is 2.96. The highest BCUT2D eigenvalue weighted by Gasteiger charge is 2.29. The Labute approximate surface area is 125 Å². The quantitative estimate of drug-likeness (QED) is 0.862. The van der Waals surface area contributed by atoms with E-state index in [1.165, 1.54) is 21.9 Å². The third kappa shape index (κ3) is 2.49. The van der Waals surface area contributed by atoms with Gasteiger partial charge in [-0.3, -0.25) is 4.40 Å². The van der Waals surface area contributed by atoms with E-state index >= 15 is 0 Å². The number of sulfonamides is 1. The maximum absolute atomic E-state index is 11.5. The van der Waals surface area contributed by atoms with Gasteiger partial charge in [-0.05, 0) is 0 Å². The SMILES string of the molecule is CS(=O)(=O)N1CCN(c2nc3sccn3c2C(=O)O)CC1. The van der Waals surface area contributed by atoms with E-state index in [9.17, 15) is 18.3 Å². The van der Waals surface area contributed by atoms with Crippen molar-refractivity contribution in [1.82, 2.24) is 13.7 Å². The number of rotatable bonds is 3. The zero-order chi connectivity index (χ0) is 15.2. The minimum atomic E-state index is -3.20. The minimum absolute atomic E-state index is 0.124. The summed E-state index contributed by atoms with van der Waals surface area (Å²) in [4.78, 5) is 18.3. The van der Waals surface area contributed by atoms with Gasteiger partial charge in [-0.1, -0.05) is 0 Å². The molecule has 0 bridgehead atoms. The van der Waals surface area contributed by atoms with Crippen LogP contribution in [-0.2, 0) is 10.0 Å². The van der Waals surface area contributed by atoms with Crippen LogP contribution in [0.25, 0.3) is 4.96 Å². The highest BCUT2D eigenvalue weighted by atomic mass is 32.2. The normalized spacial score (nSPS) is 17.5. The van der Waals surface area contributed by atoms with Crippen LogP contribution in [0.4, 0.5) is 5.82 Å². The standard InChI is InChI=1S/C11H14N4O4S2/c1-21(18,19)14-4-2-13(3-5-14)9-8(10(16)17)15-6-7-20-11(15)12-9/h6-7H,2-5H2,1H3,(H,16,17). The largest absolute Gasteiger partial charge is 0.476 e. The predicted octanol–water partition coefficient (Wildman–Crippen LogP) is 0.176. The molecule has 1 fully saturated rings. The molecule has 114 valence electrons. The lowest BCUT2D eigenvalue weighted by Crippen LogP contribution is -2.48. The summed E-state index contributed by atoms with van der Waals surface area (Å²) in [5.74, 6) is -0.635. The molecule has 21 heavy (non-hydrogen) atoms. The molecule has 0 amide bonds. The van der Waals surface area contributed by atoms with Crippen LogP contribution in [0, 0.1) is 0 Å². The van der Waals surface area contributed by atoms with Gasteiger partial charge in [0.1, 0.15) is 0 Å². The second-order valence-electron chi connectivity index (χ2n) is 4.79. The number of aromatic nitrogens is 2. The third-order valence-corrected chi connectivity index (χ3v) is 5.51. The number of fused-ring (bicyclic) bond motifs is 1. The number of thiazole rings is 1. The molecule has 0 saturated carbocycles. The molecule has 3 rings (SSSR count). The summed E-state index contributed by atoms with van der Waals surface area (Å²) in [6.07, 6.45) is 2.85. The Balaban J connectivity index is 1.90. The maximum atomic E-state index is 11.5. The van der Waals surface area contributed by atoms with Crippen LogP contribution in [0.1, 0.15) is 10.5 Å². The van der Waals surface area contributed by atoms with Crippen molar-refractivity contribution in [3.05, 3.63) is 17.3 Å². The van der Waals surface area contributed by atoms with E-state index in [0.29, 0.717) is 37.0 Å². The van der Waals surface area contributed by atoms with Crippen molar-refractivity contribution in [2.24, 2.45) is 0 Å². The van der Waals surface area contributed by atoms with Crippen molar-refractivity contribution in [2.45, 2.75) is 0 Å². The molecule has 10 heteroatoms. The Morgan fingerprint density at radius 2 is 2.00 bits per heavy atom. The molecule has 2 aromatic heterocycles. The fourth-order valence-corrected chi connectivity index (χ4v) is 3.96. The Bertz CT molecular complexity index is 786. The first-order valence-electron chi connectivity index (χ1n) is 6.27. The van der Waals surface area contributed by atoms with E-state index in [1.807, 2.05) is 4.90 Å². The van der Waals surface area contributed by atoms with Gasteiger partial charge < -0.3 is 10.0 Å². The summed E-state index contributed by atoms with van der Waals surface area (Å²) >= 11 is 1.36. The fourth-order valence-electron chi connectivity index (χ4n) is 2.43. The van der Waals surface area contributed by atoms with Gasteiger partial charge in [-0.15, -0.1) is 11.3 Å². The summed E-state index contributed by atoms with van der Waals surface area (Å²) in [5, 5.41) is 11.2. The molecule has 8 nitrogen and oxygen atoms in total. The monoisotopic (exact) mass is 330 g/mol. The van der Waals surface area contributed by atoms with Gasteiger partial charge in [0.2, 0.25) is 10.0 Å². The van der Waals surface area contributed by atoms with Gasteiger partial charge in [0.05, 0.1) is 6.26 Å². The van der Waals surface area contributed by atoms with Crippen molar-refractivity contribution in [1.29, 1.82) is 0 Å². The number of aromatic carboxylic acids is 1. The second-order valence-corrected chi connectivity index (χ2v) is 7.65. The van der Waals surface area contributed by atoms with Crippen molar-refractivity contribution < 1.29 is 18.3 Å². The molecule has 3 heterocycles. The van der Waals surface area contributed by atoms with Crippen molar-refractivity contribution >= 4 is 38.1 Å². The topological polar surface area (TPSA) is 95.2 Å². The summed E-state index contributed by atoms with van der Waals surface area (Å²) in [5.41, 5.74) is 0.124. The number of carboxylic acid groups (broad SMARTS) is 1. The van der Waals surface area contributed by atoms with Crippen LogP contribution in [0.15, 0.2) is 11.6 Å². The van der Waals surface area contributed by atoms with Crippen molar-refractivity contribution in [3.63, 3.8) is 0 Å². The first-order valence-corrected chi connectivity index (χ1v) is 8.99. The molecule has 0 atom stereocenters. The summed E-state index contributed by atoms with van der Waals surface area (Å²) in [6.45, 7) is 1.53. The van der Waals surface area contributed by atoms with E-state index in [2.05, 4.69) is 4.98 Å². The molecular weight excluding hydrogens is 316 g/mol. The highest BCUT2D eigenvalue weighted by Crippen LogP contribution is 2.25. The zero-order valence-corrected chi connectivity index (χ0v) is 12.9. The van der Waals surface area contributed by atoms with Crippen LogP contribution in [-0.4, -0.2) is 65.6 Å². The average molecular weight is 330 g/mol. The number of carboxylic acids is 1. The second kappa shape index (κ2) is 4.97. The van der Waals surface area contributed by atoms with Gasteiger partial charge >= 0.3 is 5.97 Å². The van der Waals surface area contributed by atoms with Gasteiger partial charge in [-0.2, -0.15) is 4.31 Å². The first kappa shape index (κ1) is 14.3. The number of imidazole rings is 1. The molecule has 0 spiro atoms. The van der Waals surface area contributed by atoms with E-state index in [1.54, 1.807) is 16.0 Å². The Morgan fingerprint density at radius 3 is 2.57 bits per heavy atom. The number of piperazine rings is 1. The van der Waals surface area contributed by atoms with E-state index in [0.717, 1.165) is 0 Å². The van der Waals surface area contributed by atoms with Gasteiger partial charge in [0, 0.05) is 37.8 Å². The summed E-state index contributed by atoms with van der Waals surface area (Å²) < 4.78 is 25.9. The van der Waals surface area contributed by atoms with E-state index in [4.69, 9.17) is 0 Å². The molecule has 1 aliphatic rings. The smallest absolute Gasteiger partial charge is 0.356 e. The molecule has 2 aromatic rings. The van der Waals surface area contributed by atoms with Gasteiger partial charge in [0.15, 0.2) is 16.5 Å². The van der Waals surface area contributed by atoms with Gasteiger partial charge in [0.25, 0.3) is 0 Å². The van der Waals surface area contributed by atoms with Gasteiger partial charge in [-0.25, -0.2) is 18.2 Å². The van der Waals surface area contributed by atoms with E-state index in [-0.39, 0.29) is 5.69 Å². The number of anilines is 1. The van der Waals surface area contributed by atoms with Crippen molar-refractivity contribution in [3.8, 4) is 0 Å². The predicted molar refractivity (Wildman–Crippen MR) is 78.7 cm³/mol. The van der Waals surface area contributed by atoms with Crippen LogP contribution >= 0.6 is 11.3 Å². The van der Waals surface area contributed by atoms with Crippen molar-refractivity contribution in [2.75, 3.05) is 37.3 Å².